The Morgan fingerprint density at radius 1 is 1.14 bits per heavy atom. The second-order valence-electron chi connectivity index (χ2n) is 6.48. The van der Waals surface area contributed by atoms with Gasteiger partial charge in [-0.1, -0.05) is 29.8 Å². The number of fused-ring (bicyclic) bond motifs is 1. The molecule has 2 aromatic carbocycles. The van der Waals surface area contributed by atoms with Crippen LogP contribution in [0, 0.1) is 6.92 Å². The first-order valence-electron chi connectivity index (χ1n) is 8.71. The van der Waals surface area contributed by atoms with Gasteiger partial charge in [0.25, 0.3) is 0 Å². The average molecular weight is 391 g/mol. The summed E-state index contributed by atoms with van der Waals surface area (Å²) in [5.74, 6) is -0.862. The molecule has 0 aliphatic carbocycles. The fraction of sp³-hybridized carbons (Fsp3) is 0.300. The number of benzene rings is 2. The Kier molecular flexibility index (Phi) is 5.58. The molecule has 0 spiro atoms. The van der Waals surface area contributed by atoms with Crippen molar-refractivity contribution >= 4 is 16.9 Å². The van der Waals surface area contributed by atoms with Crippen molar-refractivity contribution in [1.29, 1.82) is 0 Å². The van der Waals surface area contributed by atoms with Gasteiger partial charge in [-0.05, 0) is 31.2 Å². The highest BCUT2D eigenvalue weighted by Gasteiger charge is 2.38. The van der Waals surface area contributed by atoms with Gasteiger partial charge in [0.15, 0.2) is 0 Å². The second-order valence-corrected chi connectivity index (χ2v) is 6.48. The number of hydrogen-bond acceptors (Lipinski definition) is 3. The average Bonchev–Trinajstić information content (AvgIpc) is 3.02. The number of alkyl halides is 3. The number of aromatic nitrogens is 2. The summed E-state index contributed by atoms with van der Waals surface area (Å²) in [5, 5.41) is 0. The van der Waals surface area contributed by atoms with Crippen LogP contribution in [0.2, 0.25) is 0 Å². The third-order valence-electron chi connectivity index (χ3n) is 4.34. The highest BCUT2D eigenvalue weighted by Crippen LogP contribution is 2.31. The van der Waals surface area contributed by atoms with E-state index in [1.165, 1.54) is 24.1 Å². The summed E-state index contributed by atoms with van der Waals surface area (Å²) >= 11 is 0. The molecule has 28 heavy (non-hydrogen) atoms. The number of ether oxygens (including phenoxy) is 1. The Hall–Kier alpha value is -3.03. The summed E-state index contributed by atoms with van der Waals surface area (Å²) in [6, 6.07) is 13.7. The van der Waals surface area contributed by atoms with Crippen LogP contribution in [0.5, 0.6) is 5.75 Å². The van der Waals surface area contributed by atoms with Crippen molar-refractivity contribution in [3.8, 4) is 5.75 Å². The molecule has 0 saturated carbocycles. The molecule has 0 fully saturated rings. The van der Waals surface area contributed by atoms with Gasteiger partial charge in [-0.3, -0.25) is 4.79 Å². The van der Waals surface area contributed by atoms with Crippen molar-refractivity contribution in [2.45, 2.75) is 19.6 Å². The molecule has 5 nitrogen and oxygen atoms in total. The molecule has 0 saturated heterocycles. The van der Waals surface area contributed by atoms with Gasteiger partial charge < -0.3 is 14.2 Å². The highest BCUT2D eigenvalue weighted by atomic mass is 19.4. The van der Waals surface area contributed by atoms with Gasteiger partial charge in [-0.15, -0.1) is 0 Å². The van der Waals surface area contributed by atoms with Crippen LogP contribution in [-0.4, -0.2) is 40.6 Å². The molecule has 0 atom stereocenters. The maximum absolute atomic E-state index is 13.3. The number of rotatable bonds is 6. The molecule has 0 radical (unpaired) electrons. The highest BCUT2D eigenvalue weighted by molar-refractivity contribution is 5.81. The number of carbonyl (C=O) groups excluding carboxylic acids is 1. The lowest BCUT2D eigenvalue weighted by molar-refractivity contribution is -0.148. The SMILES string of the molecule is Cc1ccc(OCCN(C)C(=O)Cn2c(C(F)(F)F)nc3ccccc32)cc1. The van der Waals surface area contributed by atoms with Crippen molar-refractivity contribution in [2.75, 3.05) is 20.2 Å². The zero-order valence-corrected chi connectivity index (χ0v) is 15.5. The fourth-order valence-electron chi connectivity index (χ4n) is 2.77. The Morgan fingerprint density at radius 2 is 1.82 bits per heavy atom. The lowest BCUT2D eigenvalue weighted by Gasteiger charge is -2.19. The third kappa shape index (κ3) is 4.44. The molecule has 0 aliphatic rings. The van der Waals surface area contributed by atoms with Crippen LogP contribution in [0.1, 0.15) is 11.4 Å². The lowest BCUT2D eigenvalue weighted by atomic mass is 10.2. The molecule has 148 valence electrons. The van der Waals surface area contributed by atoms with Crippen LogP contribution in [0.4, 0.5) is 13.2 Å². The van der Waals surface area contributed by atoms with E-state index in [-0.39, 0.29) is 24.2 Å². The molecule has 0 bridgehead atoms. The molecule has 1 amide bonds. The summed E-state index contributed by atoms with van der Waals surface area (Å²) in [4.78, 5) is 17.5. The predicted molar refractivity (Wildman–Crippen MR) is 99.0 cm³/mol. The van der Waals surface area contributed by atoms with E-state index in [1.54, 1.807) is 12.1 Å². The molecule has 3 aromatic rings. The van der Waals surface area contributed by atoms with Crippen LogP contribution < -0.4 is 4.74 Å². The molecule has 3 rings (SSSR count). The van der Waals surface area contributed by atoms with E-state index < -0.39 is 24.5 Å². The van der Waals surface area contributed by atoms with Crippen molar-refractivity contribution in [1.82, 2.24) is 14.5 Å². The summed E-state index contributed by atoms with van der Waals surface area (Å²) in [6.45, 7) is 2.00. The minimum atomic E-state index is -4.65. The number of nitrogens with zero attached hydrogens (tertiary/aromatic N) is 3. The van der Waals surface area contributed by atoms with Gasteiger partial charge in [-0.2, -0.15) is 13.2 Å². The standard InChI is InChI=1S/C20H20F3N3O2/c1-14-7-9-15(10-8-14)28-12-11-25(2)18(27)13-26-17-6-4-3-5-16(17)24-19(26)20(21,22)23/h3-10H,11-13H2,1-2H3. The number of aryl methyl sites for hydroxylation is 1. The molecule has 1 heterocycles. The van der Waals surface area contributed by atoms with E-state index in [4.69, 9.17) is 4.74 Å². The number of amides is 1. The van der Waals surface area contributed by atoms with Crippen molar-refractivity contribution in [3.05, 3.63) is 59.9 Å². The lowest BCUT2D eigenvalue weighted by Crippen LogP contribution is -2.34. The number of imidazole rings is 1. The predicted octanol–water partition coefficient (Wildman–Crippen LogP) is 3.90. The summed E-state index contributed by atoms with van der Waals surface area (Å²) < 4.78 is 46.5. The van der Waals surface area contributed by atoms with E-state index in [2.05, 4.69) is 4.98 Å². The first kappa shape index (κ1) is 19.7. The largest absolute Gasteiger partial charge is 0.492 e. The maximum Gasteiger partial charge on any atom is 0.449 e. The maximum atomic E-state index is 13.3. The van der Waals surface area contributed by atoms with Crippen molar-refractivity contribution < 1.29 is 22.7 Å². The Labute approximate surface area is 160 Å². The van der Waals surface area contributed by atoms with Gasteiger partial charge in [0, 0.05) is 7.05 Å². The third-order valence-corrected chi connectivity index (χ3v) is 4.34. The van der Waals surface area contributed by atoms with E-state index in [9.17, 15) is 18.0 Å². The first-order chi connectivity index (χ1) is 13.3. The van der Waals surface area contributed by atoms with Gasteiger partial charge in [0.05, 0.1) is 17.6 Å². The van der Waals surface area contributed by atoms with E-state index in [0.717, 1.165) is 10.1 Å². The molecular formula is C20H20F3N3O2. The van der Waals surface area contributed by atoms with E-state index in [1.807, 2.05) is 31.2 Å². The van der Waals surface area contributed by atoms with Crippen LogP contribution >= 0.6 is 0 Å². The monoisotopic (exact) mass is 391 g/mol. The molecule has 8 heteroatoms. The van der Waals surface area contributed by atoms with Crippen molar-refractivity contribution in [2.24, 2.45) is 0 Å². The molecule has 1 aromatic heterocycles. The fourth-order valence-corrected chi connectivity index (χ4v) is 2.77. The van der Waals surface area contributed by atoms with Gasteiger partial charge in [0.2, 0.25) is 11.7 Å². The van der Waals surface area contributed by atoms with Crippen LogP contribution in [-0.2, 0) is 17.5 Å². The van der Waals surface area contributed by atoms with Gasteiger partial charge in [0.1, 0.15) is 18.9 Å². The number of halogens is 3. The summed E-state index contributed by atoms with van der Waals surface area (Å²) in [7, 11) is 1.53. The van der Waals surface area contributed by atoms with E-state index >= 15 is 0 Å². The first-order valence-corrected chi connectivity index (χ1v) is 8.71. The van der Waals surface area contributed by atoms with Crippen LogP contribution in [0.15, 0.2) is 48.5 Å². The second kappa shape index (κ2) is 7.92. The number of para-hydroxylation sites is 2. The van der Waals surface area contributed by atoms with Crippen LogP contribution in [0.25, 0.3) is 11.0 Å². The summed E-state index contributed by atoms with van der Waals surface area (Å²) in [6.07, 6.45) is -4.65. The zero-order chi connectivity index (χ0) is 20.3. The van der Waals surface area contributed by atoms with Gasteiger partial charge >= 0.3 is 6.18 Å². The van der Waals surface area contributed by atoms with Crippen LogP contribution in [0.3, 0.4) is 0 Å². The summed E-state index contributed by atoms with van der Waals surface area (Å²) in [5.41, 5.74) is 1.58. The number of carbonyl (C=O) groups is 1. The Bertz CT molecular complexity index is 965. The minimum absolute atomic E-state index is 0.202. The Balaban J connectivity index is 1.67. The number of likely N-dealkylation sites (N-methyl/N-ethyl adjacent to an activating group) is 1. The van der Waals surface area contributed by atoms with E-state index in [0.29, 0.717) is 5.75 Å². The molecule has 0 aliphatic heterocycles. The smallest absolute Gasteiger partial charge is 0.449 e. The minimum Gasteiger partial charge on any atom is -0.492 e. The quantitative estimate of drug-likeness (QED) is 0.640. The number of hydrogen-bond donors (Lipinski definition) is 0. The van der Waals surface area contributed by atoms with Crippen molar-refractivity contribution in [3.63, 3.8) is 0 Å². The Morgan fingerprint density at radius 3 is 2.50 bits per heavy atom. The molecule has 0 unspecified atom stereocenters. The van der Waals surface area contributed by atoms with Gasteiger partial charge in [-0.25, -0.2) is 4.98 Å². The topological polar surface area (TPSA) is 47.4 Å². The zero-order valence-electron chi connectivity index (χ0n) is 15.5. The normalized spacial score (nSPS) is 11.6. The molecular weight excluding hydrogens is 371 g/mol. The molecule has 0 N–H and O–H groups in total.